The molecule has 1 fully saturated rings. The van der Waals surface area contributed by atoms with E-state index in [1.165, 1.54) is 27.7 Å². The highest BCUT2D eigenvalue weighted by molar-refractivity contribution is 14.1. The number of halogens is 1. The van der Waals surface area contributed by atoms with Crippen LogP contribution in [0.3, 0.4) is 0 Å². The van der Waals surface area contributed by atoms with Gasteiger partial charge in [0.25, 0.3) is 0 Å². The van der Waals surface area contributed by atoms with E-state index in [0.29, 0.717) is 0 Å². The van der Waals surface area contributed by atoms with E-state index in [1.54, 1.807) is 0 Å². The Hall–Kier alpha value is -0.250. The third-order valence-corrected chi connectivity index (χ3v) is 3.63. The largest absolute Gasteiger partial charge is 0.385 e. The van der Waals surface area contributed by atoms with Gasteiger partial charge in [0.15, 0.2) is 0 Å². The average Bonchev–Trinajstić information content (AvgIpc) is 2.91. The molecule has 0 amide bonds. The lowest BCUT2D eigenvalue weighted by atomic mass is 10.2. The second-order valence-corrected chi connectivity index (χ2v) is 4.95. The number of hydrogen-bond donors (Lipinski definition) is 1. The van der Waals surface area contributed by atoms with Crippen LogP contribution in [0, 0.1) is 16.4 Å². The molecule has 0 heterocycles. The molecular weight excluding hydrogens is 273 g/mol. The van der Waals surface area contributed by atoms with Crippen molar-refractivity contribution >= 4 is 28.3 Å². The van der Waals surface area contributed by atoms with Crippen molar-refractivity contribution < 1.29 is 0 Å². The third-order valence-electron chi connectivity index (χ3n) is 2.46. The average molecular weight is 287 g/mol. The van der Waals surface area contributed by atoms with Crippen molar-refractivity contribution in [1.29, 1.82) is 0 Å². The van der Waals surface area contributed by atoms with Crippen LogP contribution in [0.25, 0.3) is 0 Å². The Balaban J connectivity index is 1.98. The van der Waals surface area contributed by atoms with Gasteiger partial charge in [-0.1, -0.05) is 6.07 Å². The summed E-state index contributed by atoms with van der Waals surface area (Å²) in [6.45, 7) is 3.30. The van der Waals surface area contributed by atoms with Crippen LogP contribution in [-0.4, -0.2) is 6.54 Å². The number of anilines is 1. The molecule has 13 heavy (non-hydrogen) atoms. The first-order chi connectivity index (χ1) is 6.25. The Kier molecular flexibility index (Phi) is 2.77. The lowest BCUT2D eigenvalue weighted by molar-refractivity contribution is 0.889. The van der Waals surface area contributed by atoms with Gasteiger partial charge in [-0.05, 0) is 66.0 Å². The van der Waals surface area contributed by atoms with Crippen molar-refractivity contribution in [3.05, 3.63) is 27.3 Å². The number of aryl methyl sites for hydroxylation is 1. The second kappa shape index (κ2) is 3.86. The Morgan fingerprint density at radius 3 is 2.85 bits per heavy atom. The number of rotatable bonds is 3. The maximum atomic E-state index is 3.47. The monoisotopic (exact) mass is 287 g/mol. The summed E-state index contributed by atoms with van der Waals surface area (Å²) in [6, 6.07) is 6.56. The maximum absolute atomic E-state index is 3.47. The lowest BCUT2D eigenvalue weighted by Gasteiger charge is -2.06. The molecule has 70 valence electrons. The van der Waals surface area contributed by atoms with E-state index in [9.17, 15) is 0 Å². The summed E-state index contributed by atoms with van der Waals surface area (Å²) in [5, 5.41) is 3.47. The predicted molar refractivity (Wildman–Crippen MR) is 65.1 cm³/mol. The fraction of sp³-hybridized carbons (Fsp3) is 0.455. The fourth-order valence-corrected chi connectivity index (χ4v) is 1.80. The molecule has 0 spiro atoms. The molecule has 0 saturated heterocycles. The van der Waals surface area contributed by atoms with Crippen molar-refractivity contribution in [2.75, 3.05) is 11.9 Å². The van der Waals surface area contributed by atoms with Crippen molar-refractivity contribution in [3.63, 3.8) is 0 Å². The van der Waals surface area contributed by atoms with Gasteiger partial charge in [-0.3, -0.25) is 0 Å². The summed E-state index contributed by atoms with van der Waals surface area (Å²) in [7, 11) is 0. The maximum Gasteiger partial charge on any atom is 0.0351 e. The number of nitrogens with one attached hydrogen (secondary N) is 1. The molecule has 0 aliphatic heterocycles. The van der Waals surface area contributed by atoms with Crippen LogP contribution in [0.5, 0.6) is 0 Å². The lowest BCUT2D eigenvalue weighted by Crippen LogP contribution is -2.03. The highest BCUT2D eigenvalue weighted by atomic mass is 127. The highest BCUT2D eigenvalue weighted by Gasteiger charge is 2.20. The van der Waals surface area contributed by atoms with Gasteiger partial charge in [-0.25, -0.2) is 0 Å². The number of benzene rings is 1. The van der Waals surface area contributed by atoms with Gasteiger partial charge in [0, 0.05) is 15.8 Å². The molecule has 1 saturated carbocycles. The topological polar surface area (TPSA) is 12.0 Å². The molecular formula is C11H14IN. The molecule has 1 aromatic rings. The van der Waals surface area contributed by atoms with Gasteiger partial charge < -0.3 is 5.32 Å². The van der Waals surface area contributed by atoms with Crippen LogP contribution in [0.2, 0.25) is 0 Å². The molecule has 2 heteroatoms. The van der Waals surface area contributed by atoms with Gasteiger partial charge >= 0.3 is 0 Å². The van der Waals surface area contributed by atoms with Crippen LogP contribution in [0.4, 0.5) is 5.69 Å². The van der Waals surface area contributed by atoms with Crippen LogP contribution < -0.4 is 5.32 Å². The van der Waals surface area contributed by atoms with Gasteiger partial charge in [0.05, 0.1) is 0 Å². The quantitative estimate of drug-likeness (QED) is 0.840. The van der Waals surface area contributed by atoms with Crippen LogP contribution in [0.15, 0.2) is 18.2 Å². The highest BCUT2D eigenvalue weighted by Crippen LogP contribution is 2.29. The first-order valence-corrected chi connectivity index (χ1v) is 5.83. The molecule has 1 aliphatic carbocycles. The minimum atomic E-state index is 0.943. The van der Waals surface area contributed by atoms with Crippen molar-refractivity contribution in [3.8, 4) is 0 Å². The molecule has 0 aromatic heterocycles. The van der Waals surface area contributed by atoms with E-state index < -0.39 is 0 Å². The van der Waals surface area contributed by atoms with E-state index in [0.717, 1.165) is 12.5 Å². The number of hydrogen-bond acceptors (Lipinski definition) is 1. The van der Waals surface area contributed by atoms with E-state index in [-0.39, 0.29) is 0 Å². The zero-order valence-corrected chi connectivity index (χ0v) is 9.97. The summed E-state index contributed by atoms with van der Waals surface area (Å²) in [4.78, 5) is 0. The minimum absolute atomic E-state index is 0.943. The van der Waals surface area contributed by atoms with Gasteiger partial charge in [0.2, 0.25) is 0 Å². The SMILES string of the molecule is Cc1ccc(NCC2CC2)cc1I. The summed E-state index contributed by atoms with van der Waals surface area (Å²) >= 11 is 2.38. The smallest absolute Gasteiger partial charge is 0.0351 e. The first kappa shape index (κ1) is 9.31. The molecule has 1 N–H and O–H groups in total. The van der Waals surface area contributed by atoms with Crippen molar-refractivity contribution in [1.82, 2.24) is 0 Å². The van der Waals surface area contributed by atoms with Crippen molar-refractivity contribution in [2.45, 2.75) is 19.8 Å². The zero-order chi connectivity index (χ0) is 9.26. The van der Waals surface area contributed by atoms with E-state index in [2.05, 4.69) is 53.0 Å². The molecule has 0 bridgehead atoms. The fourth-order valence-electron chi connectivity index (χ4n) is 1.29. The predicted octanol–water partition coefficient (Wildman–Crippen LogP) is 3.42. The molecule has 1 aromatic carbocycles. The van der Waals surface area contributed by atoms with Crippen LogP contribution in [0.1, 0.15) is 18.4 Å². The Morgan fingerprint density at radius 2 is 2.23 bits per heavy atom. The van der Waals surface area contributed by atoms with E-state index >= 15 is 0 Å². The molecule has 0 atom stereocenters. The second-order valence-electron chi connectivity index (χ2n) is 3.79. The normalized spacial score (nSPS) is 15.8. The Labute approximate surface area is 93.1 Å². The first-order valence-electron chi connectivity index (χ1n) is 4.76. The summed E-state index contributed by atoms with van der Waals surface area (Å²) in [5.41, 5.74) is 2.62. The molecule has 1 nitrogen and oxygen atoms in total. The van der Waals surface area contributed by atoms with Crippen LogP contribution >= 0.6 is 22.6 Å². The standard InChI is InChI=1S/C11H14IN/c1-8-2-5-10(6-11(8)12)13-7-9-3-4-9/h2,5-6,9,13H,3-4,7H2,1H3. The van der Waals surface area contributed by atoms with Gasteiger partial charge in [-0.15, -0.1) is 0 Å². The zero-order valence-electron chi connectivity index (χ0n) is 7.81. The van der Waals surface area contributed by atoms with E-state index in [1.807, 2.05) is 0 Å². The molecule has 2 rings (SSSR count). The Morgan fingerprint density at radius 1 is 1.46 bits per heavy atom. The summed E-state index contributed by atoms with van der Waals surface area (Å²) < 4.78 is 1.35. The molecule has 0 unspecified atom stereocenters. The van der Waals surface area contributed by atoms with Gasteiger partial charge in [0.1, 0.15) is 0 Å². The molecule has 1 aliphatic rings. The van der Waals surface area contributed by atoms with Crippen molar-refractivity contribution in [2.24, 2.45) is 5.92 Å². The summed E-state index contributed by atoms with van der Waals surface area (Å²) in [6.07, 6.45) is 2.83. The molecule has 0 radical (unpaired) electrons. The summed E-state index contributed by atoms with van der Waals surface area (Å²) in [5.74, 6) is 0.943. The van der Waals surface area contributed by atoms with E-state index in [4.69, 9.17) is 0 Å². The minimum Gasteiger partial charge on any atom is -0.385 e. The van der Waals surface area contributed by atoms with Crippen LogP contribution in [-0.2, 0) is 0 Å². The Bertz CT molecular complexity index is 305. The van der Waals surface area contributed by atoms with Gasteiger partial charge in [-0.2, -0.15) is 0 Å². The third kappa shape index (κ3) is 2.59.